The maximum atomic E-state index is 12.1. The number of nitrogens with zero attached hydrogens (tertiary/aromatic N) is 2. The van der Waals surface area contributed by atoms with Crippen LogP contribution in [0.15, 0.2) is 5.38 Å². The predicted molar refractivity (Wildman–Crippen MR) is 76.7 cm³/mol. The second kappa shape index (κ2) is 6.35. The van der Waals surface area contributed by atoms with E-state index in [2.05, 4.69) is 4.98 Å². The molecule has 0 aromatic carbocycles. The van der Waals surface area contributed by atoms with Crippen molar-refractivity contribution < 1.29 is 14.7 Å². The highest BCUT2D eigenvalue weighted by molar-refractivity contribution is 7.09. The molecule has 1 amide bonds. The zero-order valence-electron chi connectivity index (χ0n) is 11.8. The lowest BCUT2D eigenvalue weighted by atomic mass is 10.0. The van der Waals surface area contributed by atoms with E-state index in [1.807, 2.05) is 19.2 Å². The van der Waals surface area contributed by atoms with E-state index in [0.29, 0.717) is 19.4 Å². The third-order valence-electron chi connectivity index (χ3n) is 3.88. The van der Waals surface area contributed by atoms with Gasteiger partial charge < -0.3 is 10.0 Å². The van der Waals surface area contributed by atoms with E-state index < -0.39 is 11.9 Å². The second-order valence-electron chi connectivity index (χ2n) is 5.27. The smallest absolute Gasteiger partial charge is 0.308 e. The number of thiazole rings is 1. The number of carbonyl (C=O) groups excluding carboxylic acids is 1. The Morgan fingerprint density at radius 2 is 2.30 bits per heavy atom. The number of rotatable bonds is 5. The molecule has 0 saturated carbocycles. The Hall–Kier alpha value is -1.43. The van der Waals surface area contributed by atoms with E-state index in [-0.39, 0.29) is 11.9 Å². The molecule has 6 heteroatoms. The van der Waals surface area contributed by atoms with Crippen molar-refractivity contribution in [2.45, 2.75) is 45.6 Å². The molecular weight excluding hydrogens is 276 g/mol. The van der Waals surface area contributed by atoms with Gasteiger partial charge in [0.2, 0.25) is 5.91 Å². The molecule has 2 heterocycles. The first-order chi connectivity index (χ1) is 9.49. The van der Waals surface area contributed by atoms with Gasteiger partial charge >= 0.3 is 5.97 Å². The Balaban J connectivity index is 1.79. The Morgan fingerprint density at radius 1 is 1.55 bits per heavy atom. The normalized spacial score (nSPS) is 22.2. The highest BCUT2D eigenvalue weighted by Gasteiger charge is 2.37. The van der Waals surface area contributed by atoms with Gasteiger partial charge in [-0.1, -0.05) is 0 Å². The molecule has 2 atom stereocenters. The largest absolute Gasteiger partial charge is 0.481 e. The van der Waals surface area contributed by atoms with Crippen molar-refractivity contribution in [1.29, 1.82) is 0 Å². The summed E-state index contributed by atoms with van der Waals surface area (Å²) in [6.45, 7) is 4.36. The van der Waals surface area contributed by atoms with E-state index in [1.165, 1.54) is 0 Å². The Kier molecular flexibility index (Phi) is 4.75. The van der Waals surface area contributed by atoms with E-state index in [4.69, 9.17) is 5.11 Å². The monoisotopic (exact) mass is 296 g/mol. The molecule has 2 rings (SSSR count). The van der Waals surface area contributed by atoms with Gasteiger partial charge in [-0.25, -0.2) is 4.98 Å². The fourth-order valence-electron chi connectivity index (χ4n) is 2.71. The number of carboxylic acids is 1. The van der Waals surface area contributed by atoms with Crippen LogP contribution in [0.25, 0.3) is 0 Å². The second-order valence-corrected chi connectivity index (χ2v) is 6.33. The van der Waals surface area contributed by atoms with Gasteiger partial charge in [0.05, 0.1) is 16.6 Å². The fraction of sp³-hybridized carbons (Fsp3) is 0.643. The first-order valence-corrected chi connectivity index (χ1v) is 7.80. The maximum Gasteiger partial charge on any atom is 0.308 e. The molecule has 1 saturated heterocycles. The molecule has 5 nitrogen and oxygen atoms in total. The molecule has 0 radical (unpaired) electrons. The van der Waals surface area contributed by atoms with Crippen LogP contribution < -0.4 is 0 Å². The van der Waals surface area contributed by atoms with Crippen molar-refractivity contribution in [2.75, 3.05) is 6.54 Å². The summed E-state index contributed by atoms with van der Waals surface area (Å²) in [6.07, 6.45) is 2.60. The highest BCUT2D eigenvalue weighted by Crippen LogP contribution is 2.25. The molecule has 1 fully saturated rings. The summed E-state index contributed by atoms with van der Waals surface area (Å²) in [6, 6.07) is -0.193. The lowest BCUT2D eigenvalue weighted by Crippen LogP contribution is -2.37. The van der Waals surface area contributed by atoms with E-state index in [1.54, 1.807) is 16.2 Å². The maximum absolute atomic E-state index is 12.1. The van der Waals surface area contributed by atoms with Crippen LogP contribution in [0.3, 0.4) is 0 Å². The quantitative estimate of drug-likeness (QED) is 0.903. The fourth-order valence-corrected chi connectivity index (χ4v) is 3.36. The van der Waals surface area contributed by atoms with Crippen LogP contribution in [0.4, 0.5) is 0 Å². The first-order valence-electron chi connectivity index (χ1n) is 6.92. The number of likely N-dealkylation sites (tertiary alicyclic amines) is 1. The van der Waals surface area contributed by atoms with Crippen molar-refractivity contribution in [3.8, 4) is 0 Å². The number of aliphatic carboxylic acids is 1. The predicted octanol–water partition coefficient (Wildman–Crippen LogP) is 2.10. The average Bonchev–Trinajstić information content (AvgIpc) is 2.95. The minimum absolute atomic E-state index is 0.0631. The summed E-state index contributed by atoms with van der Waals surface area (Å²) >= 11 is 1.62. The molecule has 1 aliphatic rings. The molecule has 110 valence electrons. The molecular formula is C14H20N2O3S. The van der Waals surface area contributed by atoms with Crippen LogP contribution in [0.1, 0.15) is 36.9 Å². The average molecular weight is 296 g/mol. The Labute approximate surface area is 122 Å². The van der Waals surface area contributed by atoms with Crippen molar-refractivity contribution in [1.82, 2.24) is 9.88 Å². The highest BCUT2D eigenvalue weighted by atomic mass is 32.1. The van der Waals surface area contributed by atoms with Crippen LogP contribution in [-0.4, -0.2) is 39.5 Å². The van der Waals surface area contributed by atoms with Gasteiger partial charge in [-0.15, -0.1) is 11.3 Å². The summed E-state index contributed by atoms with van der Waals surface area (Å²) in [5.41, 5.74) is 1.04. The van der Waals surface area contributed by atoms with Crippen LogP contribution >= 0.6 is 11.3 Å². The van der Waals surface area contributed by atoms with Gasteiger partial charge in [-0.3, -0.25) is 9.59 Å². The number of hydrogen-bond donors (Lipinski definition) is 1. The van der Waals surface area contributed by atoms with Crippen molar-refractivity contribution in [3.05, 3.63) is 16.1 Å². The molecule has 0 aliphatic carbocycles. The van der Waals surface area contributed by atoms with Gasteiger partial charge in [0, 0.05) is 24.4 Å². The number of aryl methyl sites for hydroxylation is 2. The molecule has 0 bridgehead atoms. The zero-order valence-corrected chi connectivity index (χ0v) is 12.7. The summed E-state index contributed by atoms with van der Waals surface area (Å²) in [7, 11) is 0. The molecule has 1 aromatic rings. The third kappa shape index (κ3) is 3.36. The minimum Gasteiger partial charge on any atom is -0.481 e. The van der Waals surface area contributed by atoms with E-state index >= 15 is 0 Å². The molecule has 0 spiro atoms. The number of carboxylic acid groups (broad SMARTS) is 1. The molecule has 2 unspecified atom stereocenters. The number of carbonyl (C=O) groups is 2. The summed E-state index contributed by atoms with van der Waals surface area (Å²) in [5.74, 6) is -1.15. The third-order valence-corrected chi connectivity index (χ3v) is 4.70. The van der Waals surface area contributed by atoms with Crippen molar-refractivity contribution in [3.63, 3.8) is 0 Å². The summed E-state index contributed by atoms with van der Waals surface area (Å²) in [5, 5.41) is 12.1. The number of hydrogen-bond acceptors (Lipinski definition) is 4. The Bertz CT molecular complexity index is 500. The van der Waals surface area contributed by atoms with Gasteiger partial charge in [0.25, 0.3) is 0 Å². The van der Waals surface area contributed by atoms with Crippen LogP contribution in [-0.2, 0) is 16.0 Å². The van der Waals surface area contributed by atoms with Crippen molar-refractivity contribution in [2.24, 2.45) is 5.92 Å². The van der Waals surface area contributed by atoms with Crippen LogP contribution in [0.5, 0.6) is 0 Å². The SMILES string of the molecule is Cc1nc(CCCC(=O)N2CCC(C(=O)O)C2C)cs1. The van der Waals surface area contributed by atoms with Crippen LogP contribution in [0, 0.1) is 12.8 Å². The number of amides is 1. The van der Waals surface area contributed by atoms with Crippen LogP contribution in [0.2, 0.25) is 0 Å². The zero-order chi connectivity index (χ0) is 14.7. The molecule has 1 aromatic heterocycles. The summed E-state index contributed by atoms with van der Waals surface area (Å²) < 4.78 is 0. The topological polar surface area (TPSA) is 70.5 Å². The van der Waals surface area contributed by atoms with Gasteiger partial charge in [0.1, 0.15) is 0 Å². The van der Waals surface area contributed by atoms with Gasteiger partial charge in [0.15, 0.2) is 0 Å². The Morgan fingerprint density at radius 3 is 2.85 bits per heavy atom. The number of aromatic nitrogens is 1. The summed E-state index contributed by atoms with van der Waals surface area (Å²) in [4.78, 5) is 29.3. The molecule has 1 aliphatic heterocycles. The minimum atomic E-state index is -0.800. The standard InChI is InChI=1S/C14H20N2O3S/c1-9-12(14(18)19)6-7-16(9)13(17)5-3-4-11-8-20-10(2)15-11/h8-9,12H,3-7H2,1-2H3,(H,18,19). The van der Waals surface area contributed by atoms with Crippen molar-refractivity contribution >= 4 is 23.2 Å². The van der Waals surface area contributed by atoms with E-state index in [0.717, 1.165) is 23.5 Å². The lowest BCUT2D eigenvalue weighted by molar-refractivity contribution is -0.143. The van der Waals surface area contributed by atoms with Gasteiger partial charge in [-0.05, 0) is 33.1 Å². The molecule has 1 N–H and O–H groups in total. The lowest BCUT2D eigenvalue weighted by Gasteiger charge is -2.23. The van der Waals surface area contributed by atoms with E-state index in [9.17, 15) is 9.59 Å². The van der Waals surface area contributed by atoms with Gasteiger partial charge in [-0.2, -0.15) is 0 Å². The first kappa shape index (κ1) is 15.0. The molecule has 20 heavy (non-hydrogen) atoms.